The predicted molar refractivity (Wildman–Crippen MR) is 92.6 cm³/mol. The minimum Gasteiger partial charge on any atom is -0.327 e. The molecule has 4 nitrogen and oxygen atoms in total. The zero-order valence-electron chi connectivity index (χ0n) is 12.8. The lowest BCUT2D eigenvalue weighted by Crippen LogP contribution is -2.46. The highest BCUT2D eigenvalue weighted by atomic mass is 32.1. The van der Waals surface area contributed by atoms with Gasteiger partial charge in [-0.2, -0.15) is 5.26 Å². The third-order valence-electron chi connectivity index (χ3n) is 3.78. The van der Waals surface area contributed by atoms with Gasteiger partial charge in [-0.3, -0.25) is 4.79 Å². The molecule has 1 unspecified atom stereocenters. The molecule has 1 N–H and O–H groups in total. The first-order valence-electron chi connectivity index (χ1n) is 7.27. The highest BCUT2D eigenvalue weighted by Crippen LogP contribution is 2.35. The molecular weight excluding hydrogens is 325 g/mol. The van der Waals surface area contributed by atoms with E-state index in [9.17, 15) is 14.4 Å². The summed E-state index contributed by atoms with van der Waals surface area (Å²) in [6.45, 7) is 1.95. The van der Waals surface area contributed by atoms with E-state index >= 15 is 0 Å². The Morgan fingerprint density at radius 1 is 1.25 bits per heavy atom. The fraction of sp³-hybridized carbons (Fsp3) is 0.111. The second-order valence-corrected chi connectivity index (χ2v) is 5.87. The fourth-order valence-electron chi connectivity index (χ4n) is 2.63. The van der Waals surface area contributed by atoms with Crippen molar-refractivity contribution in [1.82, 2.24) is 5.32 Å². The maximum atomic E-state index is 13.2. The summed E-state index contributed by atoms with van der Waals surface area (Å²) >= 11 is 4.41. The van der Waals surface area contributed by atoms with Crippen LogP contribution in [0.5, 0.6) is 0 Å². The second-order valence-electron chi connectivity index (χ2n) is 5.45. The number of aryl methyl sites for hydroxylation is 1. The van der Waals surface area contributed by atoms with E-state index in [1.165, 1.54) is 12.1 Å². The first-order valence-corrected chi connectivity index (χ1v) is 7.71. The number of anilines is 1. The summed E-state index contributed by atoms with van der Waals surface area (Å²) in [6.07, 6.45) is -0.579. The molecule has 0 aliphatic carbocycles. The van der Waals surface area contributed by atoms with Crippen LogP contribution in [0.15, 0.2) is 59.1 Å². The van der Waals surface area contributed by atoms with E-state index in [-0.39, 0.29) is 16.4 Å². The molecule has 6 heteroatoms. The van der Waals surface area contributed by atoms with Crippen LogP contribution >= 0.6 is 12.6 Å². The molecule has 1 amide bonds. The van der Waals surface area contributed by atoms with Crippen LogP contribution in [0.1, 0.15) is 17.3 Å². The number of nitriles is 1. The molecule has 0 saturated heterocycles. The SMILES string of the molecule is Cc1cccc(N2C(S)=C(C#N)C(=O)NC2c2ccc(F)cc2)c1. The number of nitrogens with zero attached hydrogens (tertiary/aromatic N) is 2. The van der Waals surface area contributed by atoms with Crippen LogP contribution in [0.25, 0.3) is 0 Å². The summed E-state index contributed by atoms with van der Waals surface area (Å²) in [5.74, 6) is -0.858. The second kappa shape index (κ2) is 6.38. The number of hydrogen-bond donors (Lipinski definition) is 2. The summed E-state index contributed by atoms with van der Waals surface area (Å²) in [5, 5.41) is 12.3. The lowest BCUT2D eigenvalue weighted by molar-refractivity contribution is -0.118. The van der Waals surface area contributed by atoms with E-state index < -0.39 is 12.1 Å². The van der Waals surface area contributed by atoms with Gasteiger partial charge in [0.2, 0.25) is 0 Å². The third kappa shape index (κ3) is 2.86. The van der Waals surface area contributed by atoms with Gasteiger partial charge in [0.25, 0.3) is 5.91 Å². The first kappa shape index (κ1) is 16.1. The van der Waals surface area contributed by atoms with E-state index in [4.69, 9.17) is 0 Å². The molecule has 120 valence electrons. The van der Waals surface area contributed by atoms with Crippen LogP contribution in [-0.2, 0) is 4.79 Å². The van der Waals surface area contributed by atoms with E-state index in [1.54, 1.807) is 17.0 Å². The molecule has 0 spiro atoms. The average molecular weight is 339 g/mol. The van der Waals surface area contributed by atoms with E-state index in [2.05, 4.69) is 17.9 Å². The molecule has 0 radical (unpaired) electrons. The Morgan fingerprint density at radius 3 is 2.58 bits per heavy atom. The van der Waals surface area contributed by atoms with Gasteiger partial charge >= 0.3 is 0 Å². The van der Waals surface area contributed by atoms with Crippen LogP contribution < -0.4 is 10.2 Å². The molecule has 1 aliphatic rings. The quantitative estimate of drug-likeness (QED) is 0.824. The van der Waals surface area contributed by atoms with Gasteiger partial charge in [0.15, 0.2) is 0 Å². The molecule has 3 rings (SSSR count). The first-order chi connectivity index (χ1) is 11.5. The lowest BCUT2D eigenvalue weighted by atomic mass is 10.1. The Hall–Kier alpha value is -2.78. The molecule has 2 aromatic rings. The van der Waals surface area contributed by atoms with Gasteiger partial charge in [-0.05, 0) is 42.3 Å². The van der Waals surface area contributed by atoms with Crippen molar-refractivity contribution >= 4 is 24.2 Å². The summed E-state index contributed by atoms with van der Waals surface area (Å²) in [5.41, 5.74) is 2.44. The van der Waals surface area contributed by atoms with Crippen molar-refractivity contribution in [2.45, 2.75) is 13.1 Å². The summed E-state index contributed by atoms with van der Waals surface area (Å²) < 4.78 is 13.2. The number of rotatable bonds is 2. The van der Waals surface area contributed by atoms with E-state index in [0.29, 0.717) is 5.56 Å². The van der Waals surface area contributed by atoms with Crippen molar-refractivity contribution in [2.24, 2.45) is 0 Å². The molecule has 0 fully saturated rings. The zero-order valence-corrected chi connectivity index (χ0v) is 13.7. The number of thiol groups is 1. The normalized spacial score (nSPS) is 17.5. The van der Waals surface area contributed by atoms with Gasteiger partial charge in [-0.25, -0.2) is 4.39 Å². The standard InChI is InChI=1S/C18H14FN3OS/c1-11-3-2-4-14(9-11)22-16(12-5-7-13(19)8-6-12)21-17(23)15(10-20)18(22)24/h2-9,16,24H,1H3,(H,21,23). The van der Waals surface area contributed by atoms with E-state index in [1.807, 2.05) is 37.3 Å². The van der Waals surface area contributed by atoms with Gasteiger partial charge < -0.3 is 10.2 Å². The van der Waals surface area contributed by atoms with Gasteiger partial charge in [0.1, 0.15) is 23.6 Å². The number of amides is 1. The van der Waals surface area contributed by atoms with Crippen LogP contribution in [-0.4, -0.2) is 5.91 Å². The molecule has 24 heavy (non-hydrogen) atoms. The molecule has 0 bridgehead atoms. The molecule has 2 aromatic carbocycles. The predicted octanol–water partition coefficient (Wildman–Crippen LogP) is 3.43. The Kier molecular flexibility index (Phi) is 4.28. The van der Waals surface area contributed by atoms with Crippen molar-refractivity contribution in [1.29, 1.82) is 5.26 Å². The van der Waals surface area contributed by atoms with Crippen molar-refractivity contribution < 1.29 is 9.18 Å². The minimum atomic E-state index is -0.579. The van der Waals surface area contributed by atoms with Gasteiger partial charge in [-0.15, -0.1) is 12.6 Å². The minimum absolute atomic E-state index is 0.0572. The molecule has 0 aromatic heterocycles. The molecule has 1 aliphatic heterocycles. The third-order valence-corrected chi connectivity index (χ3v) is 4.22. The maximum absolute atomic E-state index is 13.2. The van der Waals surface area contributed by atoms with Crippen LogP contribution in [0.2, 0.25) is 0 Å². The smallest absolute Gasteiger partial charge is 0.266 e. The number of carbonyl (C=O) groups excluding carboxylic acids is 1. The topological polar surface area (TPSA) is 56.1 Å². The van der Waals surface area contributed by atoms with E-state index in [0.717, 1.165) is 11.3 Å². The highest BCUT2D eigenvalue weighted by molar-refractivity contribution is 7.84. The Labute approximate surface area is 144 Å². The summed E-state index contributed by atoms with van der Waals surface area (Å²) in [4.78, 5) is 13.9. The summed E-state index contributed by atoms with van der Waals surface area (Å²) in [6, 6.07) is 15.4. The number of hydrogen-bond acceptors (Lipinski definition) is 4. The lowest BCUT2D eigenvalue weighted by Gasteiger charge is -2.38. The van der Waals surface area contributed by atoms with Crippen molar-refractivity contribution in [3.8, 4) is 6.07 Å². The largest absolute Gasteiger partial charge is 0.327 e. The number of carbonyl (C=O) groups is 1. The average Bonchev–Trinajstić information content (AvgIpc) is 2.55. The zero-order chi connectivity index (χ0) is 17.3. The van der Waals surface area contributed by atoms with Crippen LogP contribution in [0.4, 0.5) is 10.1 Å². The van der Waals surface area contributed by atoms with Gasteiger partial charge in [0, 0.05) is 5.69 Å². The van der Waals surface area contributed by atoms with Gasteiger partial charge in [-0.1, -0.05) is 24.3 Å². The number of halogens is 1. The molecule has 1 heterocycles. The molecule has 1 atom stereocenters. The van der Waals surface area contributed by atoms with Crippen LogP contribution in [0.3, 0.4) is 0 Å². The Bertz CT molecular complexity index is 871. The summed E-state index contributed by atoms with van der Waals surface area (Å²) in [7, 11) is 0. The Morgan fingerprint density at radius 2 is 1.96 bits per heavy atom. The molecule has 0 saturated carbocycles. The monoisotopic (exact) mass is 339 g/mol. The number of benzene rings is 2. The van der Waals surface area contributed by atoms with Gasteiger partial charge in [0.05, 0.1) is 5.03 Å². The van der Waals surface area contributed by atoms with Crippen LogP contribution in [0, 0.1) is 24.1 Å². The van der Waals surface area contributed by atoms with Crippen molar-refractivity contribution in [2.75, 3.05) is 4.90 Å². The fourth-order valence-corrected chi connectivity index (χ4v) is 3.02. The van der Waals surface area contributed by atoms with Crippen molar-refractivity contribution in [3.05, 3.63) is 76.1 Å². The van der Waals surface area contributed by atoms with Crippen molar-refractivity contribution in [3.63, 3.8) is 0 Å². The highest BCUT2D eigenvalue weighted by Gasteiger charge is 2.33. The molecular formula is C18H14FN3OS. The Balaban J connectivity index is 2.16. The number of nitrogens with one attached hydrogen (secondary N) is 1. The maximum Gasteiger partial charge on any atom is 0.266 e.